The number of rotatable bonds is 6. The SMILES string of the molecule is CCOC(=O)CC([NH3+])CC1=CCC(c2cccc(Cl)c2)C=C1. The van der Waals surface area contributed by atoms with Gasteiger partial charge in [0.2, 0.25) is 0 Å². The van der Waals surface area contributed by atoms with E-state index in [0.29, 0.717) is 18.9 Å². The van der Waals surface area contributed by atoms with E-state index in [4.69, 9.17) is 16.3 Å². The highest BCUT2D eigenvalue weighted by molar-refractivity contribution is 6.30. The van der Waals surface area contributed by atoms with E-state index in [0.717, 1.165) is 17.9 Å². The Labute approximate surface area is 136 Å². The van der Waals surface area contributed by atoms with Gasteiger partial charge in [-0.25, -0.2) is 0 Å². The summed E-state index contributed by atoms with van der Waals surface area (Å²) in [7, 11) is 0. The predicted octanol–water partition coefficient (Wildman–Crippen LogP) is 3.26. The van der Waals surface area contributed by atoms with Crippen molar-refractivity contribution >= 4 is 17.6 Å². The van der Waals surface area contributed by atoms with Crippen LogP contribution in [0.1, 0.15) is 37.7 Å². The van der Waals surface area contributed by atoms with Crippen LogP contribution in [-0.4, -0.2) is 18.6 Å². The fourth-order valence-electron chi connectivity index (χ4n) is 2.66. The molecule has 0 heterocycles. The third-order valence-corrected chi connectivity index (χ3v) is 3.97. The standard InChI is InChI=1S/C18H22ClNO2/c1-2-22-18(21)12-17(20)10-13-6-8-14(9-7-13)15-4-3-5-16(19)11-15/h3-8,11,14,17H,2,9-10,12,20H2,1H3/p+1. The van der Waals surface area contributed by atoms with Gasteiger partial charge in [0.1, 0.15) is 0 Å². The zero-order valence-corrected chi connectivity index (χ0v) is 13.7. The minimum atomic E-state index is -0.167. The van der Waals surface area contributed by atoms with Crippen LogP contribution in [0.15, 0.2) is 48.1 Å². The first kappa shape index (κ1) is 16.8. The number of allylic oxidation sites excluding steroid dienone is 3. The second-order valence-electron chi connectivity index (χ2n) is 5.61. The van der Waals surface area contributed by atoms with Crippen LogP contribution in [-0.2, 0) is 9.53 Å². The molecule has 4 heteroatoms. The molecule has 1 aliphatic carbocycles. The summed E-state index contributed by atoms with van der Waals surface area (Å²) in [4.78, 5) is 11.5. The molecule has 0 saturated heterocycles. The molecule has 1 aromatic carbocycles. The molecule has 0 spiro atoms. The van der Waals surface area contributed by atoms with Gasteiger partial charge in [0.25, 0.3) is 0 Å². The molecule has 2 atom stereocenters. The summed E-state index contributed by atoms with van der Waals surface area (Å²) in [5, 5.41) is 0.771. The Morgan fingerprint density at radius 3 is 2.95 bits per heavy atom. The molecule has 0 amide bonds. The molecule has 3 nitrogen and oxygen atoms in total. The van der Waals surface area contributed by atoms with Crippen LogP contribution in [0.25, 0.3) is 0 Å². The third-order valence-electron chi connectivity index (χ3n) is 3.74. The first-order valence-electron chi connectivity index (χ1n) is 7.70. The summed E-state index contributed by atoms with van der Waals surface area (Å²) in [6.07, 6.45) is 8.71. The van der Waals surface area contributed by atoms with Gasteiger partial charge in [-0.05, 0) is 36.6 Å². The number of hydrogen-bond donors (Lipinski definition) is 1. The molecule has 22 heavy (non-hydrogen) atoms. The van der Waals surface area contributed by atoms with E-state index < -0.39 is 0 Å². The maximum atomic E-state index is 11.5. The van der Waals surface area contributed by atoms with E-state index in [1.165, 1.54) is 11.1 Å². The average Bonchev–Trinajstić information content (AvgIpc) is 2.48. The fraction of sp³-hybridized carbons (Fsp3) is 0.389. The van der Waals surface area contributed by atoms with Crippen molar-refractivity contribution in [2.24, 2.45) is 0 Å². The van der Waals surface area contributed by atoms with Crippen molar-refractivity contribution < 1.29 is 15.3 Å². The molecule has 1 aromatic rings. The van der Waals surface area contributed by atoms with Gasteiger partial charge in [0.15, 0.2) is 0 Å². The molecule has 0 aromatic heterocycles. The van der Waals surface area contributed by atoms with Gasteiger partial charge >= 0.3 is 5.97 Å². The number of ether oxygens (including phenoxy) is 1. The number of benzene rings is 1. The Morgan fingerprint density at radius 2 is 2.32 bits per heavy atom. The highest BCUT2D eigenvalue weighted by Gasteiger charge is 2.17. The third kappa shape index (κ3) is 5.00. The summed E-state index contributed by atoms with van der Waals surface area (Å²) in [5.74, 6) is 0.204. The van der Waals surface area contributed by atoms with Gasteiger partial charge < -0.3 is 10.5 Å². The Bertz CT molecular complexity index is 580. The van der Waals surface area contributed by atoms with Gasteiger partial charge in [-0.3, -0.25) is 4.79 Å². The van der Waals surface area contributed by atoms with E-state index in [9.17, 15) is 4.79 Å². The van der Waals surface area contributed by atoms with Crippen LogP contribution >= 0.6 is 11.6 Å². The van der Waals surface area contributed by atoms with Crippen molar-refractivity contribution in [3.63, 3.8) is 0 Å². The predicted molar refractivity (Wildman–Crippen MR) is 88.6 cm³/mol. The zero-order valence-electron chi connectivity index (χ0n) is 12.9. The number of esters is 1. The first-order chi connectivity index (χ1) is 10.6. The van der Waals surface area contributed by atoms with Crippen LogP contribution in [0.4, 0.5) is 0 Å². The van der Waals surface area contributed by atoms with Crippen molar-refractivity contribution in [3.05, 3.63) is 58.7 Å². The largest absolute Gasteiger partial charge is 0.466 e. The van der Waals surface area contributed by atoms with Gasteiger partial charge in [0.05, 0.1) is 19.1 Å². The Balaban J connectivity index is 1.87. The van der Waals surface area contributed by atoms with E-state index >= 15 is 0 Å². The summed E-state index contributed by atoms with van der Waals surface area (Å²) >= 11 is 6.04. The molecule has 0 radical (unpaired) electrons. The molecular weight excluding hydrogens is 298 g/mol. The number of hydrogen-bond acceptors (Lipinski definition) is 2. The maximum Gasteiger partial charge on any atom is 0.311 e. The molecule has 0 fully saturated rings. The quantitative estimate of drug-likeness (QED) is 0.818. The molecular formula is C18H23ClNO2+. The second kappa shape index (κ2) is 8.16. The average molecular weight is 321 g/mol. The lowest BCUT2D eigenvalue weighted by Crippen LogP contribution is -2.61. The zero-order chi connectivity index (χ0) is 15.9. The highest BCUT2D eigenvalue weighted by Crippen LogP contribution is 2.29. The van der Waals surface area contributed by atoms with E-state index in [2.05, 4.69) is 30.0 Å². The van der Waals surface area contributed by atoms with Gasteiger partial charge in [-0.15, -0.1) is 0 Å². The first-order valence-corrected chi connectivity index (χ1v) is 8.07. The molecule has 0 bridgehead atoms. The molecule has 3 N–H and O–H groups in total. The molecule has 2 unspecified atom stereocenters. The molecule has 2 rings (SSSR count). The molecule has 118 valence electrons. The van der Waals surface area contributed by atoms with Gasteiger partial charge in [-0.2, -0.15) is 0 Å². The lowest BCUT2D eigenvalue weighted by atomic mass is 9.88. The number of halogens is 1. The Morgan fingerprint density at radius 1 is 1.50 bits per heavy atom. The monoisotopic (exact) mass is 320 g/mol. The number of carbonyl (C=O) groups excluding carboxylic acids is 1. The van der Waals surface area contributed by atoms with Crippen molar-refractivity contribution in [3.8, 4) is 0 Å². The minimum Gasteiger partial charge on any atom is -0.466 e. The van der Waals surface area contributed by atoms with Gasteiger partial charge in [0, 0.05) is 17.4 Å². The van der Waals surface area contributed by atoms with Crippen molar-refractivity contribution in [1.82, 2.24) is 0 Å². The summed E-state index contributed by atoms with van der Waals surface area (Å²) in [6, 6.07) is 8.04. The van der Waals surface area contributed by atoms with Crippen molar-refractivity contribution in [2.75, 3.05) is 6.61 Å². The van der Waals surface area contributed by atoms with E-state index in [-0.39, 0.29) is 12.0 Å². The summed E-state index contributed by atoms with van der Waals surface area (Å²) in [6.45, 7) is 2.24. The lowest BCUT2D eigenvalue weighted by molar-refractivity contribution is -0.418. The van der Waals surface area contributed by atoms with Crippen LogP contribution in [0, 0.1) is 0 Å². The lowest BCUT2D eigenvalue weighted by Gasteiger charge is -2.18. The topological polar surface area (TPSA) is 53.9 Å². The maximum absolute atomic E-state index is 11.5. The fourth-order valence-corrected chi connectivity index (χ4v) is 2.86. The van der Waals surface area contributed by atoms with Crippen LogP contribution < -0.4 is 5.73 Å². The van der Waals surface area contributed by atoms with Crippen LogP contribution in [0.5, 0.6) is 0 Å². The number of carbonyl (C=O) groups is 1. The normalized spacial score (nSPS) is 18.7. The minimum absolute atomic E-state index is 0.0534. The summed E-state index contributed by atoms with van der Waals surface area (Å²) in [5.41, 5.74) is 6.52. The Kier molecular flexibility index (Phi) is 6.22. The van der Waals surface area contributed by atoms with Crippen LogP contribution in [0.2, 0.25) is 5.02 Å². The van der Waals surface area contributed by atoms with Crippen molar-refractivity contribution in [2.45, 2.75) is 38.1 Å². The number of quaternary nitrogens is 1. The van der Waals surface area contributed by atoms with Gasteiger partial charge in [-0.1, -0.05) is 42.0 Å². The Hall–Kier alpha value is -1.58. The van der Waals surface area contributed by atoms with Crippen LogP contribution in [0.3, 0.4) is 0 Å². The highest BCUT2D eigenvalue weighted by atomic mass is 35.5. The van der Waals surface area contributed by atoms with Crippen molar-refractivity contribution in [1.29, 1.82) is 0 Å². The summed E-state index contributed by atoms with van der Waals surface area (Å²) < 4.78 is 4.96. The molecule has 0 aliphatic heterocycles. The van der Waals surface area contributed by atoms with E-state index in [1.807, 2.05) is 25.1 Å². The molecule has 1 aliphatic rings. The second-order valence-corrected chi connectivity index (χ2v) is 6.05. The molecule has 0 saturated carbocycles. The van der Waals surface area contributed by atoms with E-state index in [1.54, 1.807) is 0 Å². The smallest absolute Gasteiger partial charge is 0.311 e.